The van der Waals surface area contributed by atoms with Crippen LogP contribution < -0.4 is 9.21 Å². The number of hydrogen-bond donors (Lipinski definition) is 0. The number of benzene rings is 2. The van der Waals surface area contributed by atoms with Gasteiger partial charge in [-0.3, -0.25) is 13.9 Å². The van der Waals surface area contributed by atoms with Crippen LogP contribution in [-0.2, 0) is 21.2 Å². The number of fused-ring (bicyclic) bond motifs is 1. The van der Waals surface area contributed by atoms with Crippen LogP contribution in [0.1, 0.15) is 20.8 Å². The van der Waals surface area contributed by atoms with Crippen LogP contribution in [0.15, 0.2) is 58.8 Å². The van der Waals surface area contributed by atoms with Crippen molar-refractivity contribution in [2.24, 2.45) is 0 Å². The molecule has 9 heteroatoms. The second kappa shape index (κ2) is 7.54. The molecule has 154 valence electrons. The number of imide groups is 1. The molecule has 1 aromatic heterocycles. The van der Waals surface area contributed by atoms with Crippen molar-refractivity contribution in [3.8, 4) is 0 Å². The summed E-state index contributed by atoms with van der Waals surface area (Å²) in [5.74, 6) is -0.954. The number of halogens is 1. The summed E-state index contributed by atoms with van der Waals surface area (Å²) in [6.45, 7) is 1.87. The van der Waals surface area contributed by atoms with Crippen molar-refractivity contribution in [3.05, 3.63) is 74.9 Å². The minimum absolute atomic E-state index is 0.0576. The Balaban J connectivity index is 1.77. The van der Waals surface area contributed by atoms with E-state index in [9.17, 15) is 18.0 Å². The molecule has 0 fully saturated rings. The van der Waals surface area contributed by atoms with E-state index >= 15 is 0 Å². The van der Waals surface area contributed by atoms with Gasteiger partial charge in [0.1, 0.15) is 0 Å². The van der Waals surface area contributed by atoms with Gasteiger partial charge in [-0.15, -0.1) is 11.3 Å². The quantitative estimate of drug-likeness (QED) is 0.545. The normalized spacial score (nSPS) is 14.0. The summed E-state index contributed by atoms with van der Waals surface area (Å²) in [7, 11) is -2.49. The lowest BCUT2D eigenvalue weighted by molar-refractivity contribution is -0.117. The van der Waals surface area contributed by atoms with Crippen LogP contribution in [0.4, 0.5) is 11.4 Å². The Hall–Kier alpha value is -2.68. The van der Waals surface area contributed by atoms with Gasteiger partial charge in [0, 0.05) is 11.9 Å². The van der Waals surface area contributed by atoms with E-state index in [-0.39, 0.29) is 22.0 Å². The first-order chi connectivity index (χ1) is 14.2. The Morgan fingerprint density at radius 2 is 1.87 bits per heavy atom. The smallest absolute Gasteiger partial charge is 0.266 e. The van der Waals surface area contributed by atoms with Crippen LogP contribution >= 0.6 is 22.9 Å². The predicted molar refractivity (Wildman–Crippen MR) is 118 cm³/mol. The number of anilines is 2. The lowest BCUT2D eigenvalue weighted by Gasteiger charge is -2.27. The summed E-state index contributed by atoms with van der Waals surface area (Å²) in [5.41, 5.74) is 1.91. The van der Waals surface area contributed by atoms with E-state index in [1.165, 1.54) is 36.6 Å². The first-order valence-electron chi connectivity index (χ1n) is 8.99. The molecule has 0 radical (unpaired) electrons. The highest BCUT2D eigenvalue weighted by Crippen LogP contribution is 2.35. The molecule has 6 nitrogen and oxygen atoms in total. The maximum atomic E-state index is 13.2. The van der Waals surface area contributed by atoms with Crippen molar-refractivity contribution < 1.29 is 18.0 Å². The molecule has 0 unspecified atom stereocenters. The van der Waals surface area contributed by atoms with Gasteiger partial charge in [-0.1, -0.05) is 23.7 Å². The Labute approximate surface area is 183 Å². The highest BCUT2D eigenvalue weighted by atomic mass is 35.5. The number of nitrogens with zero attached hydrogens (tertiary/aromatic N) is 2. The number of sulfonamides is 1. The lowest BCUT2D eigenvalue weighted by atomic mass is 10.1. The fourth-order valence-corrected chi connectivity index (χ4v) is 5.57. The second-order valence-corrected chi connectivity index (χ2v) is 10.3. The summed E-state index contributed by atoms with van der Waals surface area (Å²) in [6.07, 6.45) is 0.0647. The van der Waals surface area contributed by atoms with Gasteiger partial charge in [0.2, 0.25) is 5.91 Å². The number of amides is 2. The number of rotatable bonds is 4. The molecule has 0 atom stereocenters. The molecular weight excluding hydrogens is 444 g/mol. The fourth-order valence-electron chi connectivity index (χ4n) is 3.31. The number of carbonyl (C=O) groups is 2. The third-order valence-electron chi connectivity index (χ3n) is 4.92. The van der Waals surface area contributed by atoms with E-state index in [0.717, 1.165) is 14.8 Å². The first-order valence-corrected chi connectivity index (χ1v) is 11.7. The van der Waals surface area contributed by atoms with Gasteiger partial charge < -0.3 is 0 Å². The van der Waals surface area contributed by atoms with Crippen LogP contribution in [-0.4, -0.2) is 27.3 Å². The van der Waals surface area contributed by atoms with Crippen molar-refractivity contribution in [1.82, 2.24) is 0 Å². The van der Waals surface area contributed by atoms with E-state index in [0.29, 0.717) is 16.1 Å². The average Bonchev–Trinajstić information content (AvgIpc) is 3.17. The fraction of sp³-hybridized carbons (Fsp3) is 0.143. The Bertz CT molecular complexity index is 1280. The number of hydrogen-bond acceptors (Lipinski definition) is 5. The third-order valence-corrected chi connectivity index (χ3v) is 7.94. The van der Waals surface area contributed by atoms with E-state index in [4.69, 9.17) is 11.6 Å². The molecule has 0 saturated carbocycles. The van der Waals surface area contributed by atoms with Crippen LogP contribution in [0, 0.1) is 6.92 Å². The minimum Gasteiger partial charge on any atom is -0.274 e. The topological polar surface area (TPSA) is 74.8 Å². The highest BCUT2D eigenvalue weighted by Gasteiger charge is 2.35. The van der Waals surface area contributed by atoms with Gasteiger partial charge in [0.25, 0.3) is 15.9 Å². The molecule has 4 rings (SSSR count). The summed E-state index contributed by atoms with van der Waals surface area (Å²) in [5, 5.41) is 1.87. The number of carbonyl (C=O) groups excluding carboxylic acids is 2. The average molecular weight is 461 g/mol. The van der Waals surface area contributed by atoms with Gasteiger partial charge in [-0.25, -0.2) is 13.3 Å². The number of thiophene rings is 1. The van der Waals surface area contributed by atoms with Gasteiger partial charge in [-0.05, 0) is 54.3 Å². The van der Waals surface area contributed by atoms with Crippen LogP contribution in [0.5, 0.6) is 0 Å². The molecule has 1 aliphatic heterocycles. The molecule has 0 saturated heterocycles. The predicted octanol–water partition coefficient (Wildman–Crippen LogP) is 4.26. The molecule has 0 spiro atoms. The molecular formula is C21H17ClN2O4S2. The van der Waals surface area contributed by atoms with Crippen molar-refractivity contribution in [2.45, 2.75) is 18.2 Å². The summed E-state index contributed by atoms with van der Waals surface area (Å²) in [4.78, 5) is 27.1. The molecule has 2 aromatic carbocycles. The molecule has 30 heavy (non-hydrogen) atoms. The Morgan fingerprint density at radius 3 is 2.60 bits per heavy atom. The van der Waals surface area contributed by atoms with Gasteiger partial charge >= 0.3 is 0 Å². The third kappa shape index (κ3) is 3.40. The standard InChI is InChI=1S/C21H17ClN2O4S2/c1-13-4-3-5-14(10-13)23(2)30(27,28)15-6-7-17(22)18(11-15)24-20(25)12-19-16(21(24)26)8-9-29-19/h3-11H,12H2,1-2H3. The van der Waals surface area contributed by atoms with Crippen molar-refractivity contribution >= 4 is 56.2 Å². The van der Waals surface area contributed by atoms with E-state index in [1.807, 2.05) is 13.0 Å². The summed E-state index contributed by atoms with van der Waals surface area (Å²) < 4.78 is 27.6. The van der Waals surface area contributed by atoms with Crippen molar-refractivity contribution in [1.29, 1.82) is 0 Å². The van der Waals surface area contributed by atoms with Gasteiger partial charge in [0.05, 0.1) is 33.3 Å². The largest absolute Gasteiger partial charge is 0.274 e. The molecule has 2 amide bonds. The SMILES string of the molecule is Cc1cccc(N(C)S(=O)(=O)c2ccc(Cl)c(N3C(=O)Cc4sccc4C3=O)c2)c1. The van der Waals surface area contributed by atoms with Crippen molar-refractivity contribution in [2.75, 3.05) is 16.3 Å². The zero-order valence-electron chi connectivity index (χ0n) is 16.1. The lowest BCUT2D eigenvalue weighted by Crippen LogP contribution is -2.42. The molecule has 0 N–H and O–H groups in total. The van der Waals surface area contributed by atoms with E-state index < -0.39 is 21.8 Å². The van der Waals surface area contributed by atoms with E-state index in [2.05, 4.69) is 0 Å². The van der Waals surface area contributed by atoms with Crippen molar-refractivity contribution in [3.63, 3.8) is 0 Å². The highest BCUT2D eigenvalue weighted by molar-refractivity contribution is 7.92. The van der Waals surface area contributed by atoms with Gasteiger partial charge in [0.15, 0.2) is 0 Å². The van der Waals surface area contributed by atoms with Crippen LogP contribution in [0.2, 0.25) is 5.02 Å². The Kier molecular flexibility index (Phi) is 5.17. The van der Waals surface area contributed by atoms with Crippen LogP contribution in [0.25, 0.3) is 0 Å². The minimum atomic E-state index is -3.94. The number of aryl methyl sites for hydroxylation is 1. The maximum absolute atomic E-state index is 13.2. The van der Waals surface area contributed by atoms with Gasteiger partial charge in [-0.2, -0.15) is 0 Å². The summed E-state index contributed by atoms with van der Waals surface area (Å²) >= 11 is 7.62. The van der Waals surface area contributed by atoms with E-state index in [1.54, 1.807) is 29.6 Å². The molecule has 3 aromatic rings. The maximum Gasteiger partial charge on any atom is 0.266 e. The monoisotopic (exact) mass is 460 g/mol. The molecule has 2 heterocycles. The first kappa shape index (κ1) is 20.6. The zero-order valence-corrected chi connectivity index (χ0v) is 18.5. The zero-order chi connectivity index (χ0) is 21.6. The Morgan fingerprint density at radius 1 is 1.10 bits per heavy atom. The molecule has 1 aliphatic rings. The summed E-state index contributed by atoms with van der Waals surface area (Å²) in [6, 6.07) is 12.8. The second-order valence-electron chi connectivity index (χ2n) is 6.89. The molecule has 0 bridgehead atoms. The van der Waals surface area contributed by atoms with Crippen LogP contribution in [0.3, 0.4) is 0 Å². The molecule has 0 aliphatic carbocycles.